The van der Waals surface area contributed by atoms with Crippen molar-refractivity contribution < 1.29 is 9.59 Å². The molecule has 1 aromatic rings. The van der Waals surface area contributed by atoms with Gasteiger partial charge in [0.2, 0.25) is 11.8 Å². The van der Waals surface area contributed by atoms with Crippen LogP contribution in [0.3, 0.4) is 0 Å². The van der Waals surface area contributed by atoms with E-state index in [1.807, 2.05) is 38.1 Å². The molecule has 1 saturated heterocycles. The second-order valence-electron chi connectivity index (χ2n) is 5.80. The first-order valence-corrected chi connectivity index (χ1v) is 7.41. The smallest absolute Gasteiger partial charge is 0.237 e. The van der Waals surface area contributed by atoms with E-state index in [1.165, 1.54) is 0 Å². The summed E-state index contributed by atoms with van der Waals surface area (Å²) in [4.78, 5) is 25.3. The Morgan fingerprint density at radius 3 is 2.45 bits per heavy atom. The van der Waals surface area contributed by atoms with Gasteiger partial charge in [-0.05, 0) is 30.0 Å². The molecule has 0 saturated carbocycles. The number of nitrogens with two attached hydrogens (primary N) is 1. The Morgan fingerprint density at radius 2 is 1.95 bits per heavy atom. The largest absolute Gasteiger partial charge is 0.351 e. The summed E-state index contributed by atoms with van der Waals surface area (Å²) >= 11 is 0. The van der Waals surface area contributed by atoms with Gasteiger partial charge in [0.1, 0.15) is 0 Å². The zero-order valence-electron chi connectivity index (χ0n) is 13.0. The Balaban J connectivity index is 0.00000242. The summed E-state index contributed by atoms with van der Waals surface area (Å²) in [5, 5.41) is 2.83. The first-order valence-electron chi connectivity index (χ1n) is 7.41. The number of amides is 2. The predicted octanol–water partition coefficient (Wildman–Crippen LogP) is 1.83. The van der Waals surface area contributed by atoms with E-state index in [9.17, 15) is 9.59 Å². The van der Waals surface area contributed by atoms with Crippen molar-refractivity contribution in [2.24, 2.45) is 11.7 Å². The summed E-state index contributed by atoms with van der Waals surface area (Å²) in [7, 11) is 0. The van der Waals surface area contributed by atoms with Crippen LogP contribution in [0.2, 0.25) is 0 Å². The van der Waals surface area contributed by atoms with Crippen LogP contribution < -0.4 is 16.0 Å². The summed E-state index contributed by atoms with van der Waals surface area (Å²) in [6.45, 7) is 5.09. The van der Waals surface area contributed by atoms with Crippen LogP contribution in [0.15, 0.2) is 24.3 Å². The third-order valence-electron chi connectivity index (χ3n) is 3.81. The van der Waals surface area contributed by atoms with Crippen LogP contribution in [-0.4, -0.2) is 24.4 Å². The number of nitrogens with one attached hydrogen (secondary N) is 1. The standard InChI is InChI=1S/C16H23N3O2.ClH/c1-11(2)15(17)16(21)18-10-12-5-7-13(8-6-12)19-9-3-4-14(19)20;/h5-8,11,15H,3-4,9-10,17H2,1-2H3,(H,18,21);1H/t15-;/m1./s1. The van der Waals surface area contributed by atoms with Crippen LogP contribution in [0, 0.1) is 5.92 Å². The lowest BCUT2D eigenvalue weighted by atomic mass is 10.0. The summed E-state index contributed by atoms with van der Waals surface area (Å²) in [5.74, 6) is 0.163. The predicted molar refractivity (Wildman–Crippen MR) is 89.9 cm³/mol. The van der Waals surface area contributed by atoms with Crippen LogP contribution in [-0.2, 0) is 16.1 Å². The van der Waals surface area contributed by atoms with E-state index in [4.69, 9.17) is 5.73 Å². The number of hydrogen-bond acceptors (Lipinski definition) is 3. The molecule has 0 radical (unpaired) electrons. The number of anilines is 1. The molecule has 1 heterocycles. The maximum Gasteiger partial charge on any atom is 0.237 e. The van der Waals surface area contributed by atoms with Crippen molar-refractivity contribution in [1.29, 1.82) is 0 Å². The molecular formula is C16H24ClN3O2. The van der Waals surface area contributed by atoms with Crippen LogP contribution in [0.1, 0.15) is 32.3 Å². The van der Waals surface area contributed by atoms with Gasteiger partial charge in [0.25, 0.3) is 0 Å². The lowest BCUT2D eigenvalue weighted by molar-refractivity contribution is -0.123. The van der Waals surface area contributed by atoms with Gasteiger partial charge < -0.3 is 16.0 Å². The maximum atomic E-state index is 11.8. The van der Waals surface area contributed by atoms with E-state index >= 15 is 0 Å². The number of rotatable bonds is 5. The van der Waals surface area contributed by atoms with Crippen molar-refractivity contribution in [3.8, 4) is 0 Å². The van der Waals surface area contributed by atoms with Crippen LogP contribution >= 0.6 is 12.4 Å². The Morgan fingerprint density at radius 1 is 1.32 bits per heavy atom. The van der Waals surface area contributed by atoms with Gasteiger partial charge in [0.05, 0.1) is 6.04 Å². The molecule has 1 fully saturated rings. The molecule has 2 amide bonds. The monoisotopic (exact) mass is 325 g/mol. The van der Waals surface area contributed by atoms with Crippen molar-refractivity contribution in [2.45, 2.75) is 39.3 Å². The number of nitrogens with zero attached hydrogens (tertiary/aromatic N) is 1. The third-order valence-corrected chi connectivity index (χ3v) is 3.81. The van der Waals surface area contributed by atoms with Gasteiger partial charge in [-0.15, -0.1) is 12.4 Å². The fraction of sp³-hybridized carbons (Fsp3) is 0.500. The first kappa shape index (κ1) is 18.5. The topological polar surface area (TPSA) is 75.4 Å². The zero-order chi connectivity index (χ0) is 15.4. The lowest BCUT2D eigenvalue weighted by Crippen LogP contribution is -2.43. The molecule has 22 heavy (non-hydrogen) atoms. The highest BCUT2D eigenvalue weighted by Gasteiger charge is 2.21. The fourth-order valence-corrected chi connectivity index (χ4v) is 2.32. The molecule has 0 spiro atoms. The molecule has 122 valence electrons. The number of hydrogen-bond donors (Lipinski definition) is 2. The Kier molecular flexibility index (Phi) is 6.84. The minimum absolute atomic E-state index is 0. The van der Waals surface area contributed by atoms with Crippen LogP contribution in [0.25, 0.3) is 0 Å². The summed E-state index contributed by atoms with van der Waals surface area (Å²) in [6.07, 6.45) is 1.55. The zero-order valence-corrected chi connectivity index (χ0v) is 13.9. The normalized spacial score (nSPS) is 15.6. The van der Waals surface area contributed by atoms with Crippen LogP contribution in [0.4, 0.5) is 5.69 Å². The minimum atomic E-state index is -0.480. The van der Waals surface area contributed by atoms with Crippen molar-refractivity contribution in [1.82, 2.24) is 5.32 Å². The van der Waals surface area contributed by atoms with Crippen molar-refractivity contribution in [3.63, 3.8) is 0 Å². The molecule has 0 bridgehead atoms. The third kappa shape index (κ3) is 4.45. The molecule has 2 rings (SSSR count). The van der Waals surface area contributed by atoms with Crippen molar-refractivity contribution >= 4 is 29.9 Å². The highest BCUT2D eigenvalue weighted by atomic mass is 35.5. The molecule has 6 heteroatoms. The number of benzene rings is 1. The number of halogens is 1. The van der Waals surface area contributed by atoms with E-state index in [2.05, 4.69) is 5.32 Å². The molecule has 0 aliphatic carbocycles. The second-order valence-corrected chi connectivity index (χ2v) is 5.80. The molecule has 5 nitrogen and oxygen atoms in total. The van der Waals surface area contributed by atoms with E-state index in [0.29, 0.717) is 13.0 Å². The molecule has 0 unspecified atom stereocenters. The lowest BCUT2D eigenvalue weighted by Gasteiger charge is -2.17. The molecular weight excluding hydrogens is 302 g/mol. The van der Waals surface area contributed by atoms with E-state index < -0.39 is 6.04 Å². The van der Waals surface area contributed by atoms with Gasteiger partial charge >= 0.3 is 0 Å². The quantitative estimate of drug-likeness (QED) is 0.867. The molecule has 3 N–H and O–H groups in total. The van der Waals surface area contributed by atoms with E-state index in [0.717, 1.165) is 24.2 Å². The highest BCUT2D eigenvalue weighted by Crippen LogP contribution is 2.21. The first-order chi connectivity index (χ1) is 9.99. The van der Waals surface area contributed by atoms with Crippen molar-refractivity contribution in [2.75, 3.05) is 11.4 Å². The SMILES string of the molecule is CC(C)[C@@H](N)C(=O)NCc1ccc(N2CCCC2=O)cc1.Cl. The summed E-state index contributed by atoms with van der Waals surface area (Å²) in [5.41, 5.74) is 7.71. The highest BCUT2D eigenvalue weighted by molar-refractivity contribution is 5.95. The molecule has 0 aromatic heterocycles. The Bertz CT molecular complexity index is 517. The van der Waals surface area contributed by atoms with Gasteiger partial charge in [-0.3, -0.25) is 9.59 Å². The van der Waals surface area contributed by atoms with Gasteiger partial charge in [-0.25, -0.2) is 0 Å². The van der Waals surface area contributed by atoms with Gasteiger partial charge in [-0.1, -0.05) is 26.0 Å². The summed E-state index contributed by atoms with van der Waals surface area (Å²) < 4.78 is 0. The van der Waals surface area contributed by atoms with E-state index in [-0.39, 0.29) is 30.1 Å². The van der Waals surface area contributed by atoms with Gasteiger partial charge in [0, 0.05) is 25.2 Å². The van der Waals surface area contributed by atoms with Gasteiger partial charge in [0.15, 0.2) is 0 Å². The van der Waals surface area contributed by atoms with E-state index in [1.54, 1.807) is 4.90 Å². The average molecular weight is 326 g/mol. The molecule has 1 atom stereocenters. The fourth-order valence-electron chi connectivity index (χ4n) is 2.32. The Labute approximate surface area is 137 Å². The number of carbonyl (C=O) groups excluding carboxylic acids is 2. The molecule has 1 aliphatic heterocycles. The molecule has 1 aromatic carbocycles. The van der Waals surface area contributed by atoms with Crippen LogP contribution in [0.5, 0.6) is 0 Å². The molecule has 1 aliphatic rings. The average Bonchev–Trinajstić information content (AvgIpc) is 2.90. The summed E-state index contributed by atoms with van der Waals surface area (Å²) in [6, 6.07) is 7.23. The van der Waals surface area contributed by atoms with Crippen molar-refractivity contribution in [3.05, 3.63) is 29.8 Å². The maximum absolute atomic E-state index is 11.8. The minimum Gasteiger partial charge on any atom is -0.351 e. The second kappa shape index (κ2) is 8.15. The van der Waals surface area contributed by atoms with Gasteiger partial charge in [-0.2, -0.15) is 0 Å². The number of carbonyl (C=O) groups is 2. The Hall–Kier alpha value is -1.59.